The van der Waals surface area contributed by atoms with Gasteiger partial charge in [-0.3, -0.25) is 9.10 Å². The zero-order valence-corrected chi connectivity index (χ0v) is 18.4. The first-order valence-electron chi connectivity index (χ1n) is 8.90. The van der Waals surface area contributed by atoms with E-state index in [-0.39, 0.29) is 18.3 Å². The van der Waals surface area contributed by atoms with Crippen molar-refractivity contribution in [2.24, 2.45) is 0 Å². The van der Waals surface area contributed by atoms with Crippen LogP contribution in [-0.2, 0) is 14.8 Å². The molecule has 1 N–H and O–H groups in total. The lowest BCUT2D eigenvalue weighted by Gasteiger charge is -2.25. The molecule has 0 saturated carbocycles. The zero-order valence-electron chi connectivity index (χ0n) is 16.8. The first-order valence-corrected chi connectivity index (χ1v) is 11.1. The fraction of sp³-hybridized carbons (Fsp3) is 0.350. The Morgan fingerprint density at radius 2 is 1.86 bits per heavy atom. The molecule has 2 rings (SSSR count). The Kier molecular flexibility index (Phi) is 7.75. The van der Waals surface area contributed by atoms with Gasteiger partial charge in [-0.05, 0) is 44.2 Å². The second-order valence-electron chi connectivity index (χ2n) is 6.68. The van der Waals surface area contributed by atoms with Crippen LogP contribution in [-0.4, -0.2) is 46.9 Å². The van der Waals surface area contributed by atoms with Crippen LogP contribution >= 0.6 is 11.6 Å². The van der Waals surface area contributed by atoms with Crippen LogP contribution in [0.1, 0.15) is 12.5 Å². The van der Waals surface area contributed by atoms with Crippen molar-refractivity contribution in [2.45, 2.75) is 19.9 Å². The number of nitrogens with zero attached hydrogens (tertiary/aromatic N) is 1. The second-order valence-corrected chi connectivity index (χ2v) is 9.02. The summed E-state index contributed by atoms with van der Waals surface area (Å²) >= 11 is 6.00. The van der Waals surface area contributed by atoms with Crippen molar-refractivity contribution >= 4 is 33.2 Å². The Labute approximate surface area is 176 Å². The molecule has 0 spiro atoms. The Hall–Kier alpha value is -2.45. The highest BCUT2D eigenvalue weighted by Crippen LogP contribution is 2.32. The third-order valence-electron chi connectivity index (χ3n) is 4.03. The number of hydrogen-bond donors (Lipinski definition) is 1. The van der Waals surface area contributed by atoms with Crippen molar-refractivity contribution in [1.82, 2.24) is 5.32 Å². The maximum absolute atomic E-state index is 12.5. The second kappa shape index (κ2) is 9.84. The van der Waals surface area contributed by atoms with Gasteiger partial charge < -0.3 is 14.8 Å². The predicted octanol–water partition coefficient (Wildman–Crippen LogP) is 3.01. The van der Waals surface area contributed by atoms with E-state index in [0.29, 0.717) is 16.5 Å². The fourth-order valence-corrected chi connectivity index (χ4v) is 3.61. The maximum Gasteiger partial charge on any atom is 0.241 e. The first-order chi connectivity index (χ1) is 13.6. The van der Waals surface area contributed by atoms with Crippen molar-refractivity contribution < 1.29 is 22.7 Å². The SMILES string of the molecule is COc1ccc(Cl)cc1N(CC(=O)N[C@H](C)COc1ccc(C)cc1)S(C)(=O)=O. The number of aryl methyl sites for hydroxylation is 1. The molecule has 1 atom stereocenters. The number of rotatable bonds is 9. The lowest BCUT2D eigenvalue weighted by molar-refractivity contribution is -0.120. The minimum atomic E-state index is -3.75. The van der Waals surface area contributed by atoms with Crippen LogP contribution in [0.4, 0.5) is 5.69 Å². The number of halogens is 1. The Bertz CT molecular complexity index is 948. The monoisotopic (exact) mass is 440 g/mol. The van der Waals surface area contributed by atoms with E-state index in [1.807, 2.05) is 31.2 Å². The number of carbonyl (C=O) groups is 1. The Balaban J connectivity index is 2.05. The number of benzene rings is 2. The van der Waals surface area contributed by atoms with Crippen molar-refractivity contribution in [3.05, 3.63) is 53.1 Å². The van der Waals surface area contributed by atoms with Crippen LogP contribution in [0, 0.1) is 6.92 Å². The molecular weight excluding hydrogens is 416 g/mol. The van der Waals surface area contributed by atoms with Crippen LogP contribution in [0.5, 0.6) is 11.5 Å². The summed E-state index contributed by atoms with van der Waals surface area (Å²) < 4.78 is 36.4. The molecule has 0 aliphatic heterocycles. The smallest absolute Gasteiger partial charge is 0.241 e. The number of sulfonamides is 1. The van der Waals surface area contributed by atoms with E-state index in [9.17, 15) is 13.2 Å². The molecule has 0 heterocycles. The molecule has 0 fully saturated rings. The van der Waals surface area contributed by atoms with E-state index in [1.165, 1.54) is 13.2 Å². The summed E-state index contributed by atoms with van der Waals surface area (Å²) in [4.78, 5) is 12.5. The van der Waals surface area contributed by atoms with Gasteiger partial charge in [-0.2, -0.15) is 0 Å². The number of carbonyl (C=O) groups excluding carboxylic acids is 1. The third-order valence-corrected chi connectivity index (χ3v) is 5.39. The predicted molar refractivity (Wildman–Crippen MR) is 114 cm³/mol. The summed E-state index contributed by atoms with van der Waals surface area (Å²) in [5.74, 6) is 0.513. The number of hydrogen-bond acceptors (Lipinski definition) is 5. The van der Waals surface area contributed by atoms with E-state index >= 15 is 0 Å². The van der Waals surface area contributed by atoms with E-state index in [1.54, 1.807) is 19.1 Å². The van der Waals surface area contributed by atoms with Gasteiger partial charge in [0.05, 0.1) is 25.1 Å². The lowest BCUT2D eigenvalue weighted by atomic mass is 10.2. The summed E-state index contributed by atoms with van der Waals surface area (Å²) in [6, 6.07) is 11.8. The average molecular weight is 441 g/mol. The topological polar surface area (TPSA) is 84.9 Å². The van der Waals surface area contributed by atoms with Gasteiger partial charge in [0.1, 0.15) is 24.7 Å². The lowest BCUT2D eigenvalue weighted by Crippen LogP contribution is -2.45. The van der Waals surface area contributed by atoms with Crippen LogP contribution < -0.4 is 19.1 Å². The summed E-state index contributed by atoms with van der Waals surface area (Å²) in [7, 11) is -2.34. The Morgan fingerprint density at radius 1 is 1.21 bits per heavy atom. The molecule has 29 heavy (non-hydrogen) atoms. The first kappa shape index (κ1) is 22.8. The molecular formula is C20H25ClN2O5S. The number of ether oxygens (including phenoxy) is 2. The van der Waals surface area contributed by atoms with Crippen molar-refractivity contribution in [1.29, 1.82) is 0 Å². The highest BCUT2D eigenvalue weighted by molar-refractivity contribution is 7.92. The maximum atomic E-state index is 12.5. The quantitative estimate of drug-likeness (QED) is 0.647. The van der Waals surface area contributed by atoms with Gasteiger partial charge in [0.25, 0.3) is 0 Å². The van der Waals surface area contributed by atoms with Gasteiger partial charge in [-0.15, -0.1) is 0 Å². The van der Waals surface area contributed by atoms with Crippen molar-refractivity contribution in [3.8, 4) is 11.5 Å². The third kappa shape index (κ3) is 6.83. The van der Waals surface area contributed by atoms with Gasteiger partial charge in [0.2, 0.25) is 15.9 Å². The average Bonchev–Trinajstić information content (AvgIpc) is 2.64. The van der Waals surface area contributed by atoms with E-state index in [2.05, 4.69) is 5.32 Å². The normalized spacial score (nSPS) is 12.2. The van der Waals surface area contributed by atoms with Gasteiger partial charge in [-0.25, -0.2) is 8.42 Å². The molecule has 7 nitrogen and oxygen atoms in total. The van der Waals surface area contributed by atoms with E-state index in [0.717, 1.165) is 16.1 Å². The summed E-state index contributed by atoms with van der Waals surface area (Å²) in [6.45, 7) is 3.59. The highest BCUT2D eigenvalue weighted by Gasteiger charge is 2.25. The van der Waals surface area contributed by atoms with Crippen molar-refractivity contribution in [3.63, 3.8) is 0 Å². The number of anilines is 1. The van der Waals surface area contributed by atoms with Gasteiger partial charge in [0.15, 0.2) is 0 Å². The summed E-state index contributed by atoms with van der Waals surface area (Å²) in [5, 5.41) is 3.07. The largest absolute Gasteiger partial charge is 0.495 e. The van der Waals surface area contributed by atoms with Crippen molar-refractivity contribution in [2.75, 3.05) is 30.8 Å². The summed E-state index contributed by atoms with van der Waals surface area (Å²) in [6.07, 6.45) is 1.02. The zero-order chi connectivity index (χ0) is 21.6. The van der Waals surface area contributed by atoms with Crippen LogP contribution in [0.3, 0.4) is 0 Å². The highest BCUT2D eigenvalue weighted by atomic mass is 35.5. The van der Waals surface area contributed by atoms with E-state index in [4.69, 9.17) is 21.1 Å². The van der Waals surface area contributed by atoms with Gasteiger partial charge in [-0.1, -0.05) is 29.3 Å². The fourth-order valence-electron chi connectivity index (χ4n) is 2.59. The molecule has 0 aromatic heterocycles. The molecule has 158 valence electrons. The standard InChI is InChI=1S/C20H25ClN2O5S/c1-14-5-8-17(9-6-14)28-13-15(2)22-20(24)12-23(29(4,25)26)18-11-16(21)7-10-19(18)27-3/h5-11,15H,12-13H2,1-4H3,(H,22,24)/t15-/m1/s1. The van der Waals surface area contributed by atoms with Gasteiger partial charge in [0, 0.05) is 5.02 Å². The Morgan fingerprint density at radius 3 is 2.45 bits per heavy atom. The van der Waals surface area contributed by atoms with E-state index < -0.39 is 22.5 Å². The minimum Gasteiger partial charge on any atom is -0.495 e. The molecule has 2 aromatic carbocycles. The summed E-state index contributed by atoms with van der Waals surface area (Å²) in [5.41, 5.74) is 1.32. The van der Waals surface area contributed by atoms with Crippen LogP contribution in [0.2, 0.25) is 5.02 Å². The molecule has 0 radical (unpaired) electrons. The number of amides is 1. The molecule has 0 aliphatic rings. The number of methoxy groups -OCH3 is 1. The molecule has 0 saturated heterocycles. The van der Waals surface area contributed by atoms with Gasteiger partial charge >= 0.3 is 0 Å². The number of nitrogens with one attached hydrogen (secondary N) is 1. The molecule has 0 unspecified atom stereocenters. The van der Waals surface area contributed by atoms with Crippen LogP contribution in [0.25, 0.3) is 0 Å². The minimum absolute atomic E-state index is 0.196. The molecule has 0 aliphatic carbocycles. The van der Waals surface area contributed by atoms with Crippen LogP contribution in [0.15, 0.2) is 42.5 Å². The molecule has 9 heteroatoms. The molecule has 0 bridgehead atoms. The molecule has 2 aromatic rings. The molecule has 1 amide bonds.